The van der Waals surface area contributed by atoms with Gasteiger partial charge in [0.1, 0.15) is 11.6 Å². The van der Waals surface area contributed by atoms with E-state index in [1.807, 2.05) is 25.1 Å². The van der Waals surface area contributed by atoms with Crippen LogP contribution in [0, 0.1) is 0 Å². The van der Waals surface area contributed by atoms with E-state index in [-0.39, 0.29) is 6.54 Å². The van der Waals surface area contributed by atoms with Crippen LogP contribution in [0.2, 0.25) is 0 Å². The molecular weight excluding hydrogens is 246 g/mol. The summed E-state index contributed by atoms with van der Waals surface area (Å²) in [6.07, 6.45) is 0. The lowest BCUT2D eigenvalue weighted by atomic mass is 10.3. The average molecular weight is 263 g/mol. The minimum absolute atomic E-state index is 0.0127. The third-order valence-corrected chi connectivity index (χ3v) is 2.64. The Kier molecular flexibility index (Phi) is 4.01. The molecule has 6 heteroatoms. The van der Waals surface area contributed by atoms with E-state index in [1.54, 1.807) is 11.9 Å². The third kappa shape index (κ3) is 3.45. The summed E-state index contributed by atoms with van der Waals surface area (Å²) in [6, 6.07) is 5.65. The van der Waals surface area contributed by atoms with Crippen LogP contribution in [0.5, 0.6) is 5.75 Å². The number of hydrogen-bond donors (Lipinski definition) is 2. The third-order valence-electron chi connectivity index (χ3n) is 2.64. The number of rotatable bonds is 6. The van der Waals surface area contributed by atoms with Crippen molar-refractivity contribution in [1.82, 2.24) is 14.9 Å². The molecule has 0 spiro atoms. The first-order valence-corrected chi connectivity index (χ1v) is 6.10. The first-order valence-electron chi connectivity index (χ1n) is 6.10. The molecule has 2 N–H and O–H groups in total. The van der Waals surface area contributed by atoms with E-state index >= 15 is 0 Å². The zero-order valence-electron chi connectivity index (χ0n) is 11.0. The fraction of sp³-hybridized carbons (Fsp3) is 0.385. The molecule has 0 fully saturated rings. The Morgan fingerprint density at radius 3 is 3.00 bits per heavy atom. The number of aromatic amines is 1. The number of imidazole rings is 1. The van der Waals surface area contributed by atoms with E-state index in [1.165, 1.54) is 0 Å². The largest absolute Gasteiger partial charge is 0.494 e. The summed E-state index contributed by atoms with van der Waals surface area (Å²) in [4.78, 5) is 19.9. The SMILES string of the molecule is CCOc1ccc2nc(CN(C)CC(=O)O)[nH]c2c1. The first-order chi connectivity index (χ1) is 9.08. The second-order valence-corrected chi connectivity index (χ2v) is 4.36. The van der Waals surface area contributed by atoms with Crippen molar-refractivity contribution in [3.05, 3.63) is 24.0 Å². The summed E-state index contributed by atoms with van der Waals surface area (Å²) in [5.41, 5.74) is 1.74. The lowest BCUT2D eigenvalue weighted by Crippen LogP contribution is -2.25. The van der Waals surface area contributed by atoms with E-state index in [0.29, 0.717) is 13.2 Å². The molecule has 0 aliphatic heterocycles. The molecule has 6 nitrogen and oxygen atoms in total. The Hall–Kier alpha value is -2.08. The van der Waals surface area contributed by atoms with Crippen molar-refractivity contribution >= 4 is 17.0 Å². The second kappa shape index (κ2) is 5.71. The van der Waals surface area contributed by atoms with Crippen molar-refractivity contribution in [1.29, 1.82) is 0 Å². The molecule has 2 aromatic rings. The fourth-order valence-electron chi connectivity index (χ4n) is 1.92. The fourth-order valence-corrected chi connectivity index (χ4v) is 1.92. The number of carboxylic acids is 1. The van der Waals surface area contributed by atoms with Gasteiger partial charge in [-0.15, -0.1) is 0 Å². The highest BCUT2D eigenvalue weighted by Crippen LogP contribution is 2.19. The molecule has 0 aliphatic rings. The van der Waals surface area contributed by atoms with Crippen molar-refractivity contribution < 1.29 is 14.6 Å². The van der Waals surface area contributed by atoms with Crippen molar-refractivity contribution in [3.63, 3.8) is 0 Å². The number of likely N-dealkylation sites (N-methyl/N-ethyl adjacent to an activating group) is 1. The molecule has 102 valence electrons. The number of hydrogen-bond acceptors (Lipinski definition) is 4. The standard InChI is InChI=1S/C13H17N3O3/c1-3-19-9-4-5-10-11(6-9)15-12(14-10)7-16(2)8-13(17)18/h4-6H,3,7-8H2,1-2H3,(H,14,15)(H,17,18). The van der Waals surface area contributed by atoms with E-state index in [9.17, 15) is 4.79 Å². The molecule has 0 unspecified atom stereocenters. The summed E-state index contributed by atoms with van der Waals surface area (Å²) in [6.45, 7) is 3.00. The normalized spacial score (nSPS) is 11.1. The van der Waals surface area contributed by atoms with Gasteiger partial charge in [-0.25, -0.2) is 4.98 Å². The van der Waals surface area contributed by atoms with Gasteiger partial charge in [-0.05, 0) is 26.1 Å². The summed E-state index contributed by atoms with van der Waals surface area (Å²) < 4.78 is 5.42. The number of fused-ring (bicyclic) bond motifs is 1. The maximum Gasteiger partial charge on any atom is 0.317 e. The molecule has 0 bridgehead atoms. The predicted molar refractivity (Wildman–Crippen MR) is 71.2 cm³/mol. The zero-order valence-corrected chi connectivity index (χ0v) is 11.0. The molecule has 1 aromatic heterocycles. The average Bonchev–Trinajstić information content (AvgIpc) is 2.69. The number of benzene rings is 1. The van der Waals surface area contributed by atoms with Crippen LogP contribution in [0.15, 0.2) is 18.2 Å². The lowest BCUT2D eigenvalue weighted by Gasteiger charge is -2.11. The van der Waals surface area contributed by atoms with Crippen LogP contribution in [0.4, 0.5) is 0 Å². The molecule has 0 saturated carbocycles. The van der Waals surface area contributed by atoms with Crippen molar-refractivity contribution in [2.75, 3.05) is 20.2 Å². The van der Waals surface area contributed by atoms with E-state index in [2.05, 4.69) is 9.97 Å². The van der Waals surface area contributed by atoms with Crippen molar-refractivity contribution in [2.24, 2.45) is 0 Å². The lowest BCUT2D eigenvalue weighted by molar-refractivity contribution is -0.138. The van der Waals surface area contributed by atoms with E-state index in [4.69, 9.17) is 9.84 Å². The molecule has 0 saturated heterocycles. The van der Waals surface area contributed by atoms with Crippen LogP contribution in [0.3, 0.4) is 0 Å². The molecular formula is C13H17N3O3. The van der Waals surface area contributed by atoms with Gasteiger partial charge in [0.25, 0.3) is 0 Å². The van der Waals surface area contributed by atoms with E-state index < -0.39 is 5.97 Å². The molecule has 0 radical (unpaired) electrons. The van der Waals surface area contributed by atoms with Gasteiger partial charge in [-0.2, -0.15) is 0 Å². The highest BCUT2D eigenvalue weighted by molar-refractivity contribution is 5.76. The quantitative estimate of drug-likeness (QED) is 0.825. The van der Waals surface area contributed by atoms with Crippen LogP contribution in [0.1, 0.15) is 12.7 Å². The van der Waals surface area contributed by atoms with Crippen molar-refractivity contribution in [3.8, 4) is 5.75 Å². The summed E-state index contributed by atoms with van der Waals surface area (Å²) in [5.74, 6) is 0.689. The Balaban J connectivity index is 2.14. The van der Waals surface area contributed by atoms with Crippen LogP contribution < -0.4 is 4.74 Å². The molecule has 0 atom stereocenters. The van der Waals surface area contributed by atoms with Crippen LogP contribution in [-0.4, -0.2) is 46.1 Å². The summed E-state index contributed by atoms with van der Waals surface area (Å²) >= 11 is 0. The van der Waals surface area contributed by atoms with Crippen LogP contribution in [-0.2, 0) is 11.3 Å². The topological polar surface area (TPSA) is 78.4 Å². The number of aliphatic carboxylic acids is 1. The minimum Gasteiger partial charge on any atom is -0.494 e. The number of carbonyl (C=O) groups is 1. The Bertz CT molecular complexity index is 580. The number of aromatic nitrogens is 2. The number of H-pyrrole nitrogens is 1. The van der Waals surface area contributed by atoms with Crippen LogP contribution >= 0.6 is 0 Å². The van der Waals surface area contributed by atoms with Gasteiger partial charge < -0.3 is 14.8 Å². The highest BCUT2D eigenvalue weighted by Gasteiger charge is 2.09. The Morgan fingerprint density at radius 2 is 2.32 bits per heavy atom. The van der Waals surface area contributed by atoms with Gasteiger partial charge in [0, 0.05) is 6.07 Å². The molecule has 0 aliphatic carbocycles. The van der Waals surface area contributed by atoms with E-state index in [0.717, 1.165) is 22.6 Å². The molecule has 1 heterocycles. The van der Waals surface area contributed by atoms with Gasteiger partial charge in [0.15, 0.2) is 0 Å². The molecule has 1 aromatic carbocycles. The molecule has 19 heavy (non-hydrogen) atoms. The van der Waals surface area contributed by atoms with Gasteiger partial charge in [-0.1, -0.05) is 0 Å². The maximum atomic E-state index is 10.6. The predicted octanol–water partition coefficient (Wildman–Crippen LogP) is 1.48. The summed E-state index contributed by atoms with van der Waals surface area (Å²) in [5, 5.41) is 8.71. The van der Waals surface area contributed by atoms with Gasteiger partial charge in [0.05, 0.1) is 30.7 Å². The number of ether oxygens (including phenoxy) is 1. The number of nitrogens with one attached hydrogen (secondary N) is 1. The highest BCUT2D eigenvalue weighted by atomic mass is 16.5. The maximum absolute atomic E-state index is 10.6. The monoisotopic (exact) mass is 263 g/mol. The number of nitrogens with zero attached hydrogens (tertiary/aromatic N) is 2. The molecule has 0 amide bonds. The minimum atomic E-state index is -0.850. The summed E-state index contributed by atoms with van der Waals surface area (Å²) in [7, 11) is 1.74. The Morgan fingerprint density at radius 1 is 1.53 bits per heavy atom. The van der Waals surface area contributed by atoms with Crippen molar-refractivity contribution in [2.45, 2.75) is 13.5 Å². The van der Waals surface area contributed by atoms with Gasteiger partial charge in [0.2, 0.25) is 0 Å². The number of carboxylic acid groups (broad SMARTS) is 1. The smallest absolute Gasteiger partial charge is 0.317 e. The first kappa shape index (κ1) is 13.4. The Labute approximate surface area is 111 Å². The molecule has 2 rings (SSSR count). The second-order valence-electron chi connectivity index (χ2n) is 4.36. The van der Waals surface area contributed by atoms with Crippen LogP contribution in [0.25, 0.3) is 11.0 Å². The zero-order chi connectivity index (χ0) is 13.8. The van der Waals surface area contributed by atoms with Gasteiger partial charge >= 0.3 is 5.97 Å². The van der Waals surface area contributed by atoms with Gasteiger partial charge in [-0.3, -0.25) is 9.69 Å².